The molecule has 0 amide bonds. The summed E-state index contributed by atoms with van der Waals surface area (Å²) >= 11 is 0. The van der Waals surface area contributed by atoms with Crippen molar-refractivity contribution < 1.29 is 13.5 Å². The second-order valence-corrected chi connectivity index (χ2v) is 2.09. The van der Waals surface area contributed by atoms with Crippen molar-refractivity contribution in [2.75, 3.05) is 6.61 Å². The van der Waals surface area contributed by atoms with Crippen LogP contribution in [-0.4, -0.2) is 6.61 Å². The third kappa shape index (κ3) is 2.05. The van der Waals surface area contributed by atoms with E-state index in [1.165, 1.54) is 6.08 Å². The van der Waals surface area contributed by atoms with Crippen molar-refractivity contribution >= 4 is 0 Å². The van der Waals surface area contributed by atoms with Gasteiger partial charge in [-0.1, -0.05) is 12.7 Å². The van der Waals surface area contributed by atoms with Gasteiger partial charge in [-0.25, -0.2) is 8.78 Å². The second kappa shape index (κ2) is 3.85. The van der Waals surface area contributed by atoms with E-state index < -0.39 is 11.6 Å². The van der Waals surface area contributed by atoms with Gasteiger partial charge in [-0.05, 0) is 6.07 Å². The smallest absolute Gasteiger partial charge is 0.165 e. The van der Waals surface area contributed by atoms with Crippen molar-refractivity contribution in [3.8, 4) is 5.75 Å². The molecule has 1 aromatic rings. The van der Waals surface area contributed by atoms with Crippen molar-refractivity contribution in [3.05, 3.63) is 42.5 Å². The molecule has 0 heterocycles. The standard InChI is InChI=1S/C9H7F2O/c1-2-5-12-9-6-7(10)3-4-8(9)11/h2,4,6H,1,5H2. The first kappa shape index (κ1) is 8.71. The van der Waals surface area contributed by atoms with Crippen molar-refractivity contribution in [1.29, 1.82) is 0 Å². The number of hydrogen-bond acceptors (Lipinski definition) is 1. The lowest BCUT2D eigenvalue weighted by Crippen LogP contribution is -1.96. The molecule has 0 bridgehead atoms. The average molecular weight is 169 g/mol. The fraction of sp³-hybridized carbons (Fsp3) is 0.111. The largest absolute Gasteiger partial charge is 0.486 e. The van der Waals surface area contributed by atoms with Gasteiger partial charge in [0.25, 0.3) is 0 Å². The lowest BCUT2D eigenvalue weighted by Gasteiger charge is -2.03. The van der Waals surface area contributed by atoms with Crippen LogP contribution in [-0.2, 0) is 0 Å². The van der Waals surface area contributed by atoms with E-state index in [1.54, 1.807) is 0 Å². The van der Waals surface area contributed by atoms with Gasteiger partial charge in [0.2, 0.25) is 0 Å². The van der Waals surface area contributed by atoms with Gasteiger partial charge >= 0.3 is 0 Å². The monoisotopic (exact) mass is 169 g/mol. The molecule has 0 aromatic heterocycles. The number of rotatable bonds is 3. The van der Waals surface area contributed by atoms with Gasteiger partial charge in [0.1, 0.15) is 12.4 Å². The highest BCUT2D eigenvalue weighted by atomic mass is 19.1. The van der Waals surface area contributed by atoms with Crippen LogP contribution in [0.25, 0.3) is 0 Å². The topological polar surface area (TPSA) is 9.23 Å². The first-order valence-corrected chi connectivity index (χ1v) is 3.34. The van der Waals surface area contributed by atoms with Crippen LogP contribution in [0.3, 0.4) is 0 Å². The minimum Gasteiger partial charge on any atom is -0.486 e. The molecule has 0 N–H and O–H groups in total. The second-order valence-electron chi connectivity index (χ2n) is 2.09. The minimum atomic E-state index is -0.643. The first-order valence-electron chi connectivity index (χ1n) is 3.34. The third-order valence-electron chi connectivity index (χ3n) is 1.19. The Balaban J connectivity index is 2.82. The third-order valence-corrected chi connectivity index (χ3v) is 1.19. The molecular weight excluding hydrogens is 162 g/mol. The fourth-order valence-electron chi connectivity index (χ4n) is 0.688. The summed E-state index contributed by atoms with van der Waals surface area (Å²) in [6.45, 7) is 3.53. The predicted octanol–water partition coefficient (Wildman–Crippen LogP) is 2.33. The molecule has 0 atom stereocenters. The van der Waals surface area contributed by atoms with Crippen molar-refractivity contribution in [3.63, 3.8) is 0 Å². The molecule has 63 valence electrons. The number of benzene rings is 1. The normalized spacial score (nSPS) is 9.50. The van der Waals surface area contributed by atoms with Crippen LogP contribution in [0, 0.1) is 17.7 Å². The Morgan fingerprint density at radius 1 is 1.58 bits per heavy atom. The predicted molar refractivity (Wildman–Crippen MR) is 40.9 cm³/mol. The van der Waals surface area contributed by atoms with E-state index in [2.05, 4.69) is 12.6 Å². The van der Waals surface area contributed by atoms with Crippen molar-refractivity contribution in [1.82, 2.24) is 0 Å². The summed E-state index contributed by atoms with van der Waals surface area (Å²) in [5.41, 5.74) is 0. The molecular formula is C9H7F2O. The molecule has 0 unspecified atom stereocenters. The Kier molecular flexibility index (Phi) is 2.80. The van der Waals surface area contributed by atoms with Crippen LogP contribution in [0.2, 0.25) is 0 Å². The Bertz CT molecular complexity index is 284. The molecule has 1 rings (SSSR count). The molecule has 0 saturated carbocycles. The van der Waals surface area contributed by atoms with Crippen LogP contribution >= 0.6 is 0 Å². The average Bonchev–Trinajstić information content (AvgIpc) is 2.07. The molecule has 0 fully saturated rings. The fourth-order valence-corrected chi connectivity index (χ4v) is 0.688. The summed E-state index contributed by atoms with van der Waals surface area (Å²) in [5, 5.41) is 0. The van der Waals surface area contributed by atoms with Crippen LogP contribution in [0.15, 0.2) is 24.8 Å². The molecule has 0 aliphatic carbocycles. The Morgan fingerprint density at radius 2 is 2.33 bits per heavy atom. The van der Waals surface area contributed by atoms with Crippen LogP contribution in [0.1, 0.15) is 0 Å². The van der Waals surface area contributed by atoms with Gasteiger partial charge in [0, 0.05) is 12.1 Å². The highest BCUT2D eigenvalue weighted by Gasteiger charge is 2.03. The van der Waals surface area contributed by atoms with E-state index in [9.17, 15) is 8.78 Å². The van der Waals surface area contributed by atoms with Crippen LogP contribution in [0.5, 0.6) is 5.75 Å². The number of halogens is 2. The highest BCUT2D eigenvalue weighted by molar-refractivity contribution is 5.24. The Hall–Kier alpha value is -1.38. The zero-order valence-electron chi connectivity index (χ0n) is 6.31. The zero-order chi connectivity index (χ0) is 8.97. The summed E-state index contributed by atoms with van der Waals surface area (Å²) in [5.74, 6) is -1.39. The van der Waals surface area contributed by atoms with E-state index in [1.807, 2.05) is 0 Å². The first-order chi connectivity index (χ1) is 5.74. The number of hydrogen-bond donors (Lipinski definition) is 0. The quantitative estimate of drug-likeness (QED) is 0.631. The molecule has 0 aliphatic rings. The molecule has 1 aromatic carbocycles. The maximum atomic E-state index is 12.7. The Morgan fingerprint density at radius 3 is 3.00 bits per heavy atom. The zero-order valence-corrected chi connectivity index (χ0v) is 6.31. The molecule has 0 aliphatic heterocycles. The Labute approximate surface area is 69.3 Å². The summed E-state index contributed by atoms with van der Waals surface area (Å²) in [7, 11) is 0. The van der Waals surface area contributed by atoms with Gasteiger partial charge in [0.05, 0.1) is 0 Å². The van der Waals surface area contributed by atoms with Gasteiger partial charge in [-0.3, -0.25) is 0 Å². The van der Waals surface area contributed by atoms with Crippen LogP contribution in [0.4, 0.5) is 8.78 Å². The van der Waals surface area contributed by atoms with Crippen molar-refractivity contribution in [2.24, 2.45) is 0 Å². The molecule has 1 radical (unpaired) electrons. The lowest BCUT2D eigenvalue weighted by molar-refractivity contribution is 0.339. The van der Waals surface area contributed by atoms with E-state index in [0.29, 0.717) is 0 Å². The van der Waals surface area contributed by atoms with Gasteiger partial charge in [-0.15, -0.1) is 0 Å². The van der Waals surface area contributed by atoms with Crippen LogP contribution < -0.4 is 4.74 Å². The molecule has 3 heteroatoms. The van der Waals surface area contributed by atoms with Gasteiger partial charge in [0.15, 0.2) is 11.6 Å². The summed E-state index contributed by atoms with van der Waals surface area (Å²) in [6, 6.07) is 3.91. The van der Waals surface area contributed by atoms with E-state index in [0.717, 1.165) is 12.1 Å². The lowest BCUT2D eigenvalue weighted by atomic mass is 10.3. The SMILES string of the molecule is C=CCOc1cc(F)[c]cc1F. The minimum absolute atomic E-state index is 0.119. The van der Waals surface area contributed by atoms with Gasteiger partial charge in [-0.2, -0.15) is 0 Å². The number of ether oxygens (including phenoxy) is 1. The van der Waals surface area contributed by atoms with Gasteiger partial charge < -0.3 is 4.74 Å². The molecule has 0 spiro atoms. The van der Waals surface area contributed by atoms with E-state index in [4.69, 9.17) is 4.74 Å². The van der Waals surface area contributed by atoms with E-state index >= 15 is 0 Å². The maximum Gasteiger partial charge on any atom is 0.165 e. The van der Waals surface area contributed by atoms with Crippen molar-refractivity contribution in [2.45, 2.75) is 0 Å². The summed E-state index contributed by atoms with van der Waals surface area (Å²) < 4.78 is 30.0. The highest BCUT2D eigenvalue weighted by Crippen LogP contribution is 2.17. The maximum absolute atomic E-state index is 12.7. The summed E-state index contributed by atoms with van der Waals surface area (Å²) in [4.78, 5) is 0. The molecule has 12 heavy (non-hydrogen) atoms. The molecule has 1 nitrogen and oxygen atoms in total. The summed E-state index contributed by atoms with van der Waals surface area (Å²) in [6.07, 6.45) is 1.45. The molecule has 0 saturated heterocycles. The van der Waals surface area contributed by atoms with E-state index in [-0.39, 0.29) is 12.4 Å².